The Morgan fingerprint density at radius 3 is 2.41 bits per heavy atom. The van der Waals surface area contributed by atoms with Gasteiger partial charge in [-0.3, -0.25) is 4.79 Å². The van der Waals surface area contributed by atoms with Crippen molar-refractivity contribution in [2.24, 2.45) is 0 Å². The lowest BCUT2D eigenvalue weighted by molar-refractivity contribution is 0.102. The Bertz CT molecular complexity index is 834. The number of nitrogens with zero attached hydrogens (tertiary/aromatic N) is 3. The summed E-state index contributed by atoms with van der Waals surface area (Å²) in [5.74, 6) is -7.67. The molecule has 1 N–H and O–H groups in total. The van der Waals surface area contributed by atoms with E-state index in [9.17, 15) is 22.4 Å². The molecule has 5 nitrogen and oxygen atoms in total. The van der Waals surface area contributed by atoms with Crippen molar-refractivity contribution in [2.75, 3.05) is 5.32 Å². The molecule has 0 saturated heterocycles. The summed E-state index contributed by atoms with van der Waals surface area (Å²) in [7, 11) is 0. The van der Waals surface area contributed by atoms with Crippen molar-refractivity contribution in [3.8, 4) is 0 Å². The van der Waals surface area contributed by atoms with Gasteiger partial charge in [0.2, 0.25) is 0 Å². The van der Waals surface area contributed by atoms with Crippen LogP contribution in [0.4, 0.5) is 23.2 Å². The molecule has 0 aliphatic heterocycles. The van der Waals surface area contributed by atoms with Crippen LogP contribution in [0.15, 0.2) is 30.6 Å². The van der Waals surface area contributed by atoms with Gasteiger partial charge in [0.15, 0.2) is 34.6 Å². The predicted octanol–water partition coefficient (Wildman–Crippen LogP) is 2.54. The lowest BCUT2D eigenvalue weighted by atomic mass is 10.2. The maximum Gasteiger partial charge on any atom is 0.276 e. The van der Waals surface area contributed by atoms with Crippen molar-refractivity contribution >= 4 is 17.2 Å². The van der Waals surface area contributed by atoms with Crippen LogP contribution in [0.5, 0.6) is 0 Å². The number of amides is 1. The number of hydrogen-bond acceptors (Lipinski definition) is 3. The molecule has 2 aromatic heterocycles. The molecule has 0 fully saturated rings. The van der Waals surface area contributed by atoms with Gasteiger partial charge in [-0.2, -0.15) is 5.10 Å². The van der Waals surface area contributed by atoms with Gasteiger partial charge in [0.1, 0.15) is 5.69 Å². The van der Waals surface area contributed by atoms with Gasteiger partial charge < -0.3 is 5.32 Å². The van der Waals surface area contributed by atoms with Crippen molar-refractivity contribution < 1.29 is 22.4 Å². The maximum absolute atomic E-state index is 13.5. The zero-order chi connectivity index (χ0) is 15.9. The van der Waals surface area contributed by atoms with E-state index in [0.717, 1.165) is 0 Å². The number of halogens is 4. The number of benzene rings is 1. The summed E-state index contributed by atoms with van der Waals surface area (Å²) in [4.78, 5) is 15.8. The molecule has 112 valence electrons. The van der Waals surface area contributed by atoms with E-state index < -0.39 is 34.9 Å². The van der Waals surface area contributed by atoms with Crippen LogP contribution in [-0.2, 0) is 0 Å². The first-order chi connectivity index (χ1) is 10.5. The minimum atomic E-state index is -1.70. The first-order valence-electron chi connectivity index (χ1n) is 5.92. The van der Waals surface area contributed by atoms with Crippen LogP contribution in [0, 0.1) is 23.3 Å². The Labute approximate surface area is 120 Å². The predicted molar refractivity (Wildman–Crippen MR) is 67.2 cm³/mol. The van der Waals surface area contributed by atoms with Crippen LogP contribution >= 0.6 is 0 Å². The SMILES string of the molecule is O=C(Nc1c(F)c(F)cc(F)c1F)c1cc2ncccn2n1. The molecule has 22 heavy (non-hydrogen) atoms. The molecule has 0 spiro atoms. The van der Waals surface area contributed by atoms with E-state index in [1.165, 1.54) is 23.0 Å². The average molecular weight is 310 g/mol. The van der Waals surface area contributed by atoms with Crippen LogP contribution < -0.4 is 5.32 Å². The fourth-order valence-electron chi connectivity index (χ4n) is 1.80. The highest BCUT2D eigenvalue weighted by Gasteiger charge is 2.22. The average Bonchev–Trinajstić information content (AvgIpc) is 2.93. The first-order valence-corrected chi connectivity index (χ1v) is 5.92. The van der Waals surface area contributed by atoms with E-state index in [1.54, 1.807) is 11.4 Å². The summed E-state index contributed by atoms with van der Waals surface area (Å²) in [6.07, 6.45) is 2.96. The van der Waals surface area contributed by atoms with Crippen molar-refractivity contribution in [1.82, 2.24) is 14.6 Å². The number of aromatic nitrogens is 3. The summed E-state index contributed by atoms with van der Waals surface area (Å²) in [5, 5.41) is 5.59. The molecule has 0 saturated carbocycles. The molecule has 0 aliphatic rings. The summed E-state index contributed by atoms with van der Waals surface area (Å²) >= 11 is 0. The molecule has 0 aliphatic carbocycles. The molecule has 3 rings (SSSR count). The molecule has 9 heteroatoms. The van der Waals surface area contributed by atoms with E-state index in [1.807, 2.05) is 0 Å². The largest absolute Gasteiger partial charge is 0.315 e. The summed E-state index contributed by atoms with van der Waals surface area (Å²) in [6, 6.07) is 2.86. The van der Waals surface area contributed by atoms with Gasteiger partial charge in [-0.05, 0) is 6.07 Å². The number of carbonyl (C=O) groups is 1. The maximum atomic E-state index is 13.5. The highest BCUT2D eigenvalue weighted by molar-refractivity contribution is 6.03. The monoisotopic (exact) mass is 310 g/mol. The highest BCUT2D eigenvalue weighted by atomic mass is 19.2. The van der Waals surface area contributed by atoms with Crippen LogP contribution in [0.1, 0.15) is 10.5 Å². The smallest absolute Gasteiger partial charge is 0.276 e. The van der Waals surface area contributed by atoms with E-state index in [2.05, 4.69) is 10.1 Å². The van der Waals surface area contributed by atoms with Crippen LogP contribution in [0.2, 0.25) is 0 Å². The lowest BCUT2D eigenvalue weighted by Crippen LogP contribution is -2.16. The van der Waals surface area contributed by atoms with E-state index in [0.29, 0.717) is 5.65 Å². The number of rotatable bonds is 2. The summed E-state index contributed by atoms with van der Waals surface area (Å²) in [6.45, 7) is 0. The lowest BCUT2D eigenvalue weighted by Gasteiger charge is -2.07. The van der Waals surface area contributed by atoms with Gasteiger partial charge in [0.25, 0.3) is 5.91 Å². The summed E-state index contributed by atoms with van der Waals surface area (Å²) < 4.78 is 54.4. The highest BCUT2D eigenvalue weighted by Crippen LogP contribution is 2.24. The molecule has 1 amide bonds. The second-order valence-corrected chi connectivity index (χ2v) is 4.25. The van der Waals surface area contributed by atoms with Gasteiger partial charge in [-0.1, -0.05) is 0 Å². The van der Waals surface area contributed by atoms with Gasteiger partial charge in [-0.15, -0.1) is 0 Å². The topological polar surface area (TPSA) is 59.3 Å². The molecule has 1 aromatic carbocycles. The molecule has 0 atom stereocenters. The fourth-order valence-corrected chi connectivity index (χ4v) is 1.80. The Kier molecular flexibility index (Phi) is 3.24. The van der Waals surface area contributed by atoms with Crippen molar-refractivity contribution in [3.05, 3.63) is 59.6 Å². The van der Waals surface area contributed by atoms with Crippen molar-refractivity contribution in [1.29, 1.82) is 0 Å². The van der Waals surface area contributed by atoms with E-state index in [-0.39, 0.29) is 11.8 Å². The van der Waals surface area contributed by atoms with Crippen molar-refractivity contribution in [3.63, 3.8) is 0 Å². The molecular formula is C13H6F4N4O. The second kappa shape index (κ2) is 5.10. The zero-order valence-corrected chi connectivity index (χ0v) is 10.6. The third kappa shape index (κ3) is 2.26. The normalized spacial score (nSPS) is 10.9. The summed E-state index contributed by atoms with van der Waals surface area (Å²) in [5.41, 5.74) is -1.12. The number of nitrogens with one attached hydrogen (secondary N) is 1. The number of hydrogen-bond donors (Lipinski definition) is 1. The fraction of sp³-hybridized carbons (Fsp3) is 0. The van der Waals surface area contributed by atoms with Crippen LogP contribution in [-0.4, -0.2) is 20.5 Å². The number of anilines is 1. The molecule has 0 bridgehead atoms. The van der Waals surface area contributed by atoms with Gasteiger partial charge in [-0.25, -0.2) is 27.1 Å². The zero-order valence-electron chi connectivity index (χ0n) is 10.6. The Balaban J connectivity index is 1.98. The molecule has 0 radical (unpaired) electrons. The second-order valence-electron chi connectivity index (χ2n) is 4.25. The molecule has 3 aromatic rings. The standard InChI is InChI=1S/C13H6F4N4O/c14-6-4-7(15)11(17)12(10(6)16)19-13(22)8-5-9-18-2-1-3-21(9)20-8/h1-5H,(H,19,22). The quantitative estimate of drug-likeness (QED) is 0.584. The molecule has 0 unspecified atom stereocenters. The Hall–Kier alpha value is -2.97. The van der Waals surface area contributed by atoms with Gasteiger partial charge >= 0.3 is 0 Å². The van der Waals surface area contributed by atoms with Crippen LogP contribution in [0.25, 0.3) is 5.65 Å². The minimum absolute atomic E-state index is 0.0508. The third-order valence-corrected chi connectivity index (χ3v) is 2.82. The van der Waals surface area contributed by atoms with Crippen molar-refractivity contribution in [2.45, 2.75) is 0 Å². The third-order valence-electron chi connectivity index (χ3n) is 2.82. The Morgan fingerprint density at radius 2 is 1.77 bits per heavy atom. The first kappa shape index (κ1) is 14.0. The van der Waals surface area contributed by atoms with Crippen LogP contribution in [0.3, 0.4) is 0 Å². The molecule has 2 heterocycles. The number of fused-ring (bicyclic) bond motifs is 1. The van der Waals surface area contributed by atoms with E-state index in [4.69, 9.17) is 0 Å². The minimum Gasteiger partial charge on any atom is -0.315 e. The Morgan fingerprint density at radius 1 is 1.09 bits per heavy atom. The number of carbonyl (C=O) groups excluding carboxylic acids is 1. The van der Waals surface area contributed by atoms with Gasteiger partial charge in [0.05, 0.1) is 0 Å². The van der Waals surface area contributed by atoms with Gasteiger partial charge in [0, 0.05) is 24.5 Å². The molecular weight excluding hydrogens is 304 g/mol. The van der Waals surface area contributed by atoms with E-state index >= 15 is 0 Å².